The number of unbranched alkanes of at least 4 members (excludes halogenated alkanes) is 11. The van der Waals surface area contributed by atoms with E-state index in [0.29, 0.717) is 23.9 Å². The van der Waals surface area contributed by atoms with E-state index in [2.05, 4.69) is 36.3 Å². The molecule has 0 atom stereocenters. The summed E-state index contributed by atoms with van der Waals surface area (Å²) in [5, 5.41) is 2.94. The van der Waals surface area contributed by atoms with Crippen LogP contribution in [0.5, 0.6) is 17.2 Å². The van der Waals surface area contributed by atoms with Crippen LogP contribution in [-0.4, -0.2) is 37.0 Å². The second kappa shape index (κ2) is 19.3. The Balaban J connectivity index is 1.32. The number of ether oxygens (including phenoxy) is 3. The van der Waals surface area contributed by atoms with Crippen molar-refractivity contribution in [2.45, 2.75) is 97.4 Å². The number of thioether (sulfide) groups is 1. The van der Waals surface area contributed by atoms with E-state index in [0.717, 1.165) is 30.1 Å². The predicted octanol–water partition coefficient (Wildman–Crippen LogP) is 9.16. The van der Waals surface area contributed by atoms with Crippen molar-refractivity contribution in [3.63, 3.8) is 0 Å². The molecule has 3 rings (SSSR count). The Hall–Kier alpha value is -2.80. The van der Waals surface area contributed by atoms with Crippen molar-refractivity contribution in [2.24, 2.45) is 0 Å². The minimum absolute atomic E-state index is 0.0839. The zero-order valence-corrected chi connectivity index (χ0v) is 26.2. The van der Waals surface area contributed by atoms with Crippen LogP contribution < -0.4 is 19.5 Å². The molecule has 0 spiro atoms. The predicted molar refractivity (Wildman–Crippen MR) is 172 cm³/mol. The first kappa shape index (κ1) is 32.7. The fourth-order valence-corrected chi connectivity index (χ4v) is 5.68. The molecule has 0 saturated heterocycles. The van der Waals surface area contributed by atoms with Crippen LogP contribution in [0, 0.1) is 0 Å². The molecule has 0 radical (unpaired) electrons. The monoisotopic (exact) mass is 582 g/mol. The van der Waals surface area contributed by atoms with Gasteiger partial charge in [-0.3, -0.25) is 4.79 Å². The lowest BCUT2D eigenvalue weighted by Gasteiger charge is -2.15. The van der Waals surface area contributed by atoms with Gasteiger partial charge in [-0.15, -0.1) is 11.8 Å². The van der Waals surface area contributed by atoms with Gasteiger partial charge in [0.05, 0.1) is 19.6 Å². The van der Waals surface area contributed by atoms with Crippen molar-refractivity contribution in [3.8, 4) is 17.2 Å². The third-order valence-corrected chi connectivity index (χ3v) is 8.20. The summed E-state index contributed by atoms with van der Waals surface area (Å²) in [7, 11) is 1.63. The summed E-state index contributed by atoms with van der Waals surface area (Å²) in [5.74, 6) is 2.64. The number of hydrogen-bond donors (Lipinski definition) is 1. The molecule has 2 aromatic carbocycles. The first-order valence-electron chi connectivity index (χ1n) is 15.4. The fourth-order valence-electron chi connectivity index (χ4n) is 4.92. The molecule has 1 aliphatic heterocycles. The van der Waals surface area contributed by atoms with E-state index >= 15 is 0 Å². The maximum absolute atomic E-state index is 12.6. The number of methoxy groups -OCH3 is 1. The average molecular weight is 583 g/mol. The van der Waals surface area contributed by atoms with Crippen LogP contribution >= 0.6 is 11.8 Å². The van der Waals surface area contributed by atoms with E-state index in [1.165, 1.54) is 75.5 Å². The number of anilines is 1. The van der Waals surface area contributed by atoms with Gasteiger partial charge in [-0.2, -0.15) is 0 Å². The van der Waals surface area contributed by atoms with Crippen LogP contribution in [0.25, 0.3) is 0 Å². The first-order valence-corrected chi connectivity index (χ1v) is 16.4. The van der Waals surface area contributed by atoms with Gasteiger partial charge in [0.25, 0.3) is 5.91 Å². The van der Waals surface area contributed by atoms with Crippen LogP contribution in [0.15, 0.2) is 53.6 Å². The van der Waals surface area contributed by atoms with Gasteiger partial charge >= 0.3 is 0 Å². The molecule has 226 valence electrons. The molecule has 41 heavy (non-hydrogen) atoms. The van der Waals surface area contributed by atoms with Crippen LogP contribution in [0.2, 0.25) is 0 Å². The summed E-state index contributed by atoms with van der Waals surface area (Å²) in [6.07, 6.45) is 17.9. The van der Waals surface area contributed by atoms with Gasteiger partial charge < -0.3 is 24.4 Å². The molecular formula is C34H50N2O4S. The summed E-state index contributed by atoms with van der Waals surface area (Å²) < 4.78 is 17.3. The summed E-state index contributed by atoms with van der Waals surface area (Å²) >= 11 is 1.84. The number of benzene rings is 2. The molecule has 0 saturated carbocycles. The third kappa shape index (κ3) is 13.2. The molecule has 0 unspecified atom stereocenters. The van der Waals surface area contributed by atoms with Gasteiger partial charge in [0.15, 0.2) is 18.1 Å². The van der Waals surface area contributed by atoms with Crippen molar-refractivity contribution in [1.82, 2.24) is 4.90 Å². The smallest absolute Gasteiger partial charge is 0.262 e. The zero-order valence-electron chi connectivity index (χ0n) is 25.4. The Labute approximate surface area is 252 Å². The van der Waals surface area contributed by atoms with Crippen molar-refractivity contribution in [1.29, 1.82) is 0 Å². The Morgan fingerprint density at radius 1 is 0.878 bits per heavy atom. The number of amides is 1. The van der Waals surface area contributed by atoms with Crippen molar-refractivity contribution < 1.29 is 19.0 Å². The van der Waals surface area contributed by atoms with Crippen LogP contribution in [0.1, 0.15) is 96.5 Å². The highest BCUT2D eigenvalue weighted by atomic mass is 32.2. The van der Waals surface area contributed by atoms with Gasteiger partial charge in [-0.25, -0.2) is 0 Å². The second-order valence-corrected chi connectivity index (χ2v) is 12.0. The lowest BCUT2D eigenvalue weighted by atomic mass is 10.1. The van der Waals surface area contributed by atoms with Crippen molar-refractivity contribution in [3.05, 3.63) is 59.1 Å². The first-order chi connectivity index (χ1) is 20.1. The molecule has 6 nitrogen and oxygen atoms in total. The zero-order chi connectivity index (χ0) is 29.1. The molecular weight excluding hydrogens is 532 g/mol. The summed E-state index contributed by atoms with van der Waals surface area (Å²) in [6, 6.07) is 13.4. The minimum atomic E-state index is -0.204. The third-order valence-electron chi connectivity index (χ3n) is 7.18. The summed E-state index contributed by atoms with van der Waals surface area (Å²) in [6.45, 7) is 5.77. The van der Waals surface area contributed by atoms with Crippen LogP contribution in [0.4, 0.5) is 5.69 Å². The Bertz CT molecular complexity index is 1070. The Kier molecular flexibility index (Phi) is 15.4. The quantitative estimate of drug-likeness (QED) is 0.148. The Morgan fingerprint density at radius 3 is 2.24 bits per heavy atom. The highest BCUT2D eigenvalue weighted by Gasteiger charge is 2.12. The van der Waals surface area contributed by atoms with Gasteiger partial charge in [0.1, 0.15) is 5.75 Å². The Morgan fingerprint density at radius 2 is 1.59 bits per heavy atom. The van der Waals surface area contributed by atoms with E-state index < -0.39 is 0 Å². The number of carbonyl (C=O) groups is 1. The van der Waals surface area contributed by atoms with Crippen molar-refractivity contribution >= 4 is 23.4 Å². The number of rotatable bonds is 21. The average Bonchev–Trinajstić information content (AvgIpc) is 3.38. The molecule has 2 aromatic rings. The normalized spacial score (nSPS) is 12.8. The standard InChI is InChI=1S/C34H50N2O4S/c1-4-5-6-7-8-9-10-11-12-13-14-15-21-39-33-23-31(19-20-32(33)38-3)40-26-34(37)35-30-18-16-17-29(22-30)25-36-24-28(2)41-27-36/h16-20,22-24H,4-15,21,25-27H2,1-3H3,(H,35,37). The number of allylic oxidation sites excluding steroid dienone is 1. The number of nitrogens with one attached hydrogen (secondary N) is 1. The lowest BCUT2D eigenvalue weighted by molar-refractivity contribution is -0.118. The van der Waals surface area contributed by atoms with Crippen LogP contribution in [0.3, 0.4) is 0 Å². The van der Waals surface area contributed by atoms with Gasteiger partial charge in [0.2, 0.25) is 0 Å². The highest BCUT2D eigenvalue weighted by molar-refractivity contribution is 8.03. The molecule has 0 fully saturated rings. The second-order valence-electron chi connectivity index (χ2n) is 10.8. The molecule has 0 aliphatic carbocycles. The van der Waals surface area contributed by atoms with E-state index in [-0.39, 0.29) is 12.5 Å². The molecule has 1 aliphatic rings. The fraction of sp³-hybridized carbons (Fsp3) is 0.559. The molecule has 1 amide bonds. The summed E-state index contributed by atoms with van der Waals surface area (Å²) in [5.41, 5.74) is 1.92. The lowest BCUT2D eigenvalue weighted by Crippen LogP contribution is -2.20. The number of hydrogen-bond acceptors (Lipinski definition) is 6. The maximum atomic E-state index is 12.6. The molecule has 0 aromatic heterocycles. The van der Waals surface area contributed by atoms with Crippen LogP contribution in [-0.2, 0) is 11.3 Å². The number of carbonyl (C=O) groups excluding carboxylic acids is 1. The highest BCUT2D eigenvalue weighted by Crippen LogP contribution is 2.32. The largest absolute Gasteiger partial charge is 0.493 e. The van der Waals surface area contributed by atoms with E-state index in [1.54, 1.807) is 19.2 Å². The van der Waals surface area contributed by atoms with E-state index in [1.807, 2.05) is 36.0 Å². The van der Waals surface area contributed by atoms with Gasteiger partial charge in [-0.05, 0) is 48.1 Å². The van der Waals surface area contributed by atoms with E-state index in [4.69, 9.17) is 14.2 Å². The summed E-state index contributed by atoms with van der Waals surface area (Å²) in [4.78, 5) is 16.2. The maximum Gasteiger partial charge on any atom is 0.262 e. The topological polar surface area (TPSA) is 60.0 Å². The number of nitrogens with zero attached hydrogens (tertiary/aromatic N) is 1. The molecule has 1 N–H and O–H groups in total. The molecule has 0 bridgehead atoms. The van der Waals surface area contributed by atoms with E-state index in [9.17, 15) is 4.79 Å². The van der Waals surface area contributed by atoms with Gasteiger partial charge in [-0.1, -0.05) is 89.7 Å². The SMILES string of the molecule is CCCCCCCCCCCCCCOc1cc(OCC(=O)Nc2cccc(CN3C=C(C)SC3)c2)ccc1OC. The van der Waals surface area contributed by atoms with Gasteiger partial charge in [0, 0.05) is 24.5 Å². The minimum Gasteiger partial charge on any atom is -0.493 e. The molecule has 1 heterocycles. The molecule has 7 heteroatoms. The van der Waals surface area contributed by atoms with Crippen molar-refractivity contribution in [2.75, 3.05) is 31.5 Å².